The summed E-state index contributed by atoms with van der Waals surface area (Å²) in [6.07, 6.45) is 0. The minimum Gasteiger partial charge on any atom is -0.481 e. The molecule has 138 valence electrons. The molecule has 25 heavy (non-hydrogen) atoms. The van der Waals surface area contributed by atoms with Crippen molar-refractivity contribution < 1.29 is 28.2 Å². The lowest BCUT2D eigenvalue weighted by Gasteiger charge is -2.30. The topological polar surface area (TPSA) is 101 Å². The first kappa shape index (κ1) is 21.4. The van der Waals surface area contributed by atoms with E-state index in [0.717, 1.165) is 11.8 Å². The van der Waals surface area contributed by atoms with Crippen molar-refractivity contribution >= 4 is 27.6 Å². The van der Waals surface area contributed by atoms with Crippen molar-refractivity contribution in [1.29, 1.82) is 0 Å². The van der Waals surface area contributed by atoms with Crippen molar-refractivity contribution in [3.8, 4) is 17.6 Å². The number of hydrogen-bond donors (Lipinski definition) is 2. The van der Waals surface area contributed by atoms with Crippen LogP contribution in [-0.2, 0) is 14.6 Å². The summed E-state index contributed by atoms with van der Waals surface area (Å²) in [5, 5.41) is 16.8. The largest absolute Gasteiger partial charge is 0.481 e. The number of aliphatic carboxylic acids is 1. The predicted octanol–water partition coefficient (Wildman–Crippen LogP) is 1.82. The van der Waals surface area contributed by atoms with Gasteiger partial charge in [0.1, 0.15) is 12.4 Å². The zero-order chi connectivity index (χ0) is 19.1. The summed E-state index contributed by atoms with van der Waals surface area (Å²) in [4.78, 5) is 11.6. The van der Waals surface area contributed by atoms with E-state index in [1.165, 1.54) is 24.3 Å². The van der Waals surface area contributed by atoms with Gasteiger partial charge in [0.2, 0.25) is 0 Å². The number of carboxylic acid groups (broad SMARTS) is 1. The number of aliphatic hydroxyl groups is 1. The Morgan fingerprint density at radius 2 is 1.92 bits per heavy atom. The van der Waals surface area contributed by atoms with E-state index in [9.17, 15) is 18.3 Å². The Bertz CT molecular complexity index is 742. The van der Waals surface area contributed by atoms with Crippen molar-refractivity contribution in [3.05, 3.63) is 24.3 Å². The van der Waals surface area contributed by atoms with Crippen LogP contribution in [0.4, 0.5) is 0 Å². The second-order valence-electron chi connectivity index (χ2n) is 5.63. The van der Waals surface area contributed by atoms with E-state index in [0.29, 0.717) is 5.75 Å². The van der Waals surface area contributed by atoms with Crippen LogP contribution in [0.3, 0.4) is 0 Å². The molecule has 1 rings (SSSR count). The van der Waals surface area contributed by atoms with Crippen molar-refractivity contribution in [3.63, 3.8) is 0 Å². The van der Waals surface area contributed by atoms with Gasteiger partial charge in [-0.05, 0) is 45.0 Å². The third kappa shape index (κ3) is 5.66. The van der Waals surface area contributed by atoms with E-state index in [4.69, 9.17) is 9.84 Å². The Balaban J connectivity index is 3.13. The summed E-state index contributed by atoms with van der Waals surface area (Å²) in [5.74, 6) is 4.67. The molecule has 1 aromatic rings. The fourth-order valence-electron chi connectivity index (χ4n) is 2.24. The van der Waals surface area contributed by atoms with Crippen LogP contribution < -0.4 is 4.74 Å². The van der Waals surface area contributed by atoms with Gasteiger partial charge >= 0.3 is 5.97 Å². The summed E-state index contributed by atoms with van der Waals surface area (Å²) in [6, 6.07) is 5.59. The second kappa shape index (κ2) is 9.13. The molecule has 1 atom stereocenters. The van der Waals surface area contributed by atoms with Crippen molar-refractivity contribution in [2.45, 2.75) is 35.7 Å². The van der Waals surface area contributed by atoms with Gasteiger partial charge in [0.15, 0.2) is 15.1 Å². The normalized spacial score (nSPS) is 12.8. The molecule has 0 aromatic heterocycles. The van der Waals surface area contributed by atoms with Gasteiger partial charge in [-0.1, -0.05) is 5.92 Å². The predicted molar refractivity (Wildman–Crippen MR) is 97.6 cm³/mol. The van der Waals surface area contributed by atoms with Crippen LogP contribution in [0.5, 0.6) is 5.75 Å². The molecule has 8 heteroatoms. The third-order valence-electron chi connectivity index (χ3n) is 3.37. The fourth-order valence-corrected chi connectivity index (χ4v) is 5.50. The summed E-state index contributed by atoms with van der Waals surface area (Å²) >= 11 is 1.10. The molecule has 0 bridgehead atoms. The highest BCUT2D eigenvalue weighted by Crippen LogP contribution is 2.35. The van der Waals surface area contributed by atoms with E-state index in [1.807, 2.05) is 0 Å². The minimum atomic E-state index is -4.12. The standard InChI is InChI=1S/C17H22O6S2/c1-4-5-11-23-13-6-8-14(9-7-13)25(21,22)15(16(19)20)17(2,3)24-12-10-18/h6-9,15,18H,10-12H2,1-3H3,(H,19,20). The summed E-state index contributed by atoms with van der Waals surface area (Å²) in [5.41, 5.74) is 0. The number of aliphatic hydroxyl groups excluding tert-OH is 1. The molecule has 0 fully saturated rings. The molecule has 0 aliphatic rings. The number of ether oxygens (including phenoxy) is 1. The molecule has 0 heterocycles. The molecule has 0 radical (unpaired) electrons. The maximum atomic E-state index is 12.8. The molecule has 0 aliphatic heterocycles. The number of thioether (sulfide) groups is 1. The quantitative estimate of drug-likeness (QED) is 0.624. The highest BCUT2D eigenvalue weighted by molar-refractivity contribution is 8.02. The first-order valence-corrected chi connectivity index (χ1v) is 10.0. The van der Waals surface area contributed by atoms with Crippen molar-refractivity contribution in [1.82, 2.24) is 0 Å². The van der Waals surface area contributed by atoms with E-state index in [-0.39, 0.29) is 23.9 Å². The molecule has 0 amide bonds. The maximum absolute atomic E-state index is 12.8. The lowest BCUT2D eigenvalue weighted by Crippen LogP contribution is -2.46. The smallest absolute Gasteiger partial charge is 0.323 e. The molecule has 2 N–H and O–H groups in total. The SMILES string of the molecule is CC#CCOc1ccc(S(=O)(=O)C(C(=O)O)C(C)(C)SCCO)cc1. The Morgan fingerprint density at radius 1 is 1.32 bits per heavy atom. The second-order valence-corrected chi connectivity index (χ2v) is 9.41. The number of hydrogen-bond acceptors (Lipinski definition) is 6. The number of sulfone groups is 1. The summed E-state index contributed by atoms with van der Waals surface area (Å²) < 4.78 is 29.9. The molecule has 0 saturated carbocycles. The van der Waals surface area contributed by atoms with Crippen LogP contribution in [0, 0.1) is 11.8 Å². The van der Waals surface area contributed by atoms with Gasteiger partial charge in [0.05, 0.1) is 11.5 Å². The highest BCUT2D eigenvalue weighted by atomic mass is 32.2. The number of benzene rings is 1. The summed E-state index contributed by atoms with van der Waals surface area (Å²) in [7, 11) is -4.12. The van der Waals surface area contributed by atoms with Gasteiger partial charge in [-0.25, -0.2) is 8.42 Å². The Kier molecular flexibility index (Phi) is 7.80. The molecule has 6 nitrogen and oxygen atoms in total. The van der Waals surface area contributed by atoms with Crippen LogP contribution in [-0.4, -0.2) is 53.6 Å². The molecule has 0 aliphatic carbocycles. The Labute approximate surface area is 152 Å². The van der Waals surface area contributed by atoms with Crippen LogP contribution in [0.15, 0.2) is 29.2 Å². The first-order chi connectivity index (χ1) is 11.7. The molecule has 0 saturated heterocycles. The Morgan fingerprint density at radius 3 is 2.40 bits per heavy atom. The molecule has 0 spiro atoms. The van der Waals surface area contributed by atoms with Crippen LogP contribution in [0.2, 0.25) is 0 Å². The maximum Gasteiger partial charge on any atom is 0.323 e. The van der Waals surface area contributed by atoms with Gasteiger partial charge in [-0.2, -0.15) is 11.8 Å². The van der Waals surface area contributed by atoms with Crippen molar-refractivity contribution in [2.24, 2.45) is 0 Å². The highest BCUT2D eigenvalue weighted by Gasteiger charge is 2.46. The third-order valence-corrected chi connectivity index (χ3v) is 7.23. The van der Waals surface area contributed by atoms with Crippen LogP contribution >= 0.6 is 11.8 Å². The first-order valence-electron chi connectivity index (χ1n) is 7.50. The molecule has 1 aromatic carbocycles. The zero-order valence-electron chi connectivity index (χ0n) is 14.4. The molecular weight excluding hydrogens is 364 g/mol. The van der Waals surface area contributed by atoms with Gasteiger partial charge in [0, 0.05) is 10.5 Å². The minimum absolute atomic E-state index is 0.0912. The number of rotatable bonds is 9. The van der Waals surface area contributed by atoms with Gasteiger partial charge < -0.3 is 14.9 Å². The van der Waals surface area contributed by atoms with E-state index >= 15 is 0 Å². The van der Waals surface area contributed by atoms with Crippen LogP contribution in [0.25, 0.3) is 0 Å². The monoisotopic (exact) mass is 386 g/mol. The zero-order valence-corrected chi connectivity index (χ0v) is 16.0. The van der Waals surface area contributed by atoms with E-state index in [2.05, 4.69) is 11.8 Å². The van der Waals surface area contributed by atoms with E-state index in [1.54, 1.807) is 20.8 Å². The number of carboxylic acids is 1. The lowest BCUT2D eigenvalue weighted by molar-refractivity contribution is -0.136. The van der Waals surface area contributed by atoms with Gasteiger partial charge in [0.25, 0.3) is 0 Å². The lowest BCUT2D eigenvalue weighted by atomic mass is 10.1. The van der Waals surface area contributed by atoms with Crippen LogP contribution in [0.1, 0.15) is 20.8 Å². The van der Waals surface area contributed by atoms with Crippen molar-refractivity contribution in [2.75, 3.05) is 19.0 Å². The average molecular weight is 386 g/mol. The summed E-state index contributed by atoms with van der Waals surface area (Å²) in [6.45, 7) is 4.80. The number of carbonyl (C=O) groups is 1. The van der Waals surface area contributed by atoms with E-state index < -0.39 is 25.8 Å². The average Bonchev–Trinajstić information content (AvgIpc) is 2.53. The Hall–Kier alpha value is -1.69. The fraction of sp³-hybridized carbons (Fsp3) is 0.471. The molecular formula is C17H22O6S2. The van der Waals surface area contributed by atoms with Gasteiger partial charge in [-0.15, -0.1) is 5.92 Å². The molecule has 1 unspecified atom stereocenters. The van der Waals surface area contributed by atoms with Gasteiger partial charge in [-0.3, -0.25) is 4.79 Å².